The highest BCUT2D eigenvalue weighted by Gasteiger charge is 2.22. The lowest BCUT2D eigenvalue weighted by Gasteiger charge is -2.27. The van der Waals surface area contributed by atoms with E-state index in [1.807, 2.05) is 25.5 Å². The molecule has 1 N–H and O–H groups in total. The van der Waals surface area contributed by atoms with Crippen LogP contribution < -0.4 is 5.32 Å². The van der Waals surface area contributed by atoms with Crippen LogP contribution in [0.1, 0.15) is 17.2 Å². The quantitative estimate of drug-likeness (QED) is 0.914. The molecule has 1 aliphatic rings. The molecule has 3 nitrogen and oxygen atoms in total. The number of hydrogen-bond donors (Lipinski definition) is 1. The SMILES string of the molecule is CNC[C@@H]1OCCc2c(-c3cccnc3)cccc21. The van der Waals surface area contributed by atoms with E-state index in [-0.39, 0.29) is 6.10 Å². The number of hydrogen-bond acceptors (Lipinski definition) is 3. The molecule has 0 bridgehead atoms. The molecular weight excluding hydrogens is 236 g/mol. The summed E-state index contributed by atoms with van der Waals surface area (Å²) < 4.78 is 5.86. The maximum absolute atomic E-state index is 5.86. The fourth-order valence-corrected chi connectivity index (χ4v) is 2.73. The van der Waals surface area contributed by atoms with E-state index in [0.29, 0.717) is 0 Å². The molecular formula is C16H18N2O. The van der Waals surface area contributed by atoms with Crippen LogP contribution in [0.25, 0.3) is 11.1 Å². The summed E-state index contributed by atoms with van der Waals surface area (Å²) in [6.07, 6.45) is 4.87. The predicted molar refractivity (Wildman–Crippen MR) is 76.0 cm³/mol. The zero-order chi connectivity index (χ0) is 13.1. The molecule has 0 aliphatic carbocycles. The Morgan fingerprint density at radius 1 is 1.32 bits per heavy atom. The molecule has 1 atom stereocenters. The molecule has 2 aromatic rings. The molecule has 0 spiro atoms. The van der Waals surface area contributed by atoms with E-state index in [9.17, 15) is 0 Å². The van der Waals surface area contributed by atoms with Crippen molar-refractivity contribution in [1.29, 1.82) is 0 Å². The van der Waals surface area contributed by atoms with Crippen molar-refractivity contribution in [2.24, 2.45) is 0 Å². The van der Waals surface area contributed by atoms with E-state index < -0.39 is 0 Å². The Morgan fingerprint density at radius 2 is 2.26 bits per heavy atom. The van der Waals surface area contributed by atoms with Crippen molar-refractivity contribution in [3.63, 3.8) is 0 Å². The van der Waals surface area contributed by atoms with Gasteiger partial charge in [-0.3, -0.25) is 4.98 Å². The minimum atomic E-state index is 0.158. The summed E-state index contributed by atoms with van der Waals surface area (Å²) >= 11 is 0. The van der Waals surface area contributed by atoms with E-state index in [0.717, 1.165) is 19.6 Å². The monoisotopic (exact) mass is 254 g/mol. The summed E-state index contributed by atoms with van der Waals surface area (Å²) in [6, 6.07) is 10.6. The number of rotatable bonds is 3. The normalized spacial score (nSPS) is 18.1. The van der Waals surface area contributed by atoms with Gasteiger partial charge in [-0.1, -0.05) is 24.3 Å². The molecule has 1 aromatic heterocycles. The van der Waals surface area contributed by atoms with Crippen LogP contribution in [0.4, 0.5) is 0 Å². The molecule has 0 unspecified atom stereocenters. The van der Waals surface area contributed by atoms with Crippen LogP contribution in [-0.2, 0) is 11.2 Å². The Labute approximate surface area is 113 Å². The molecule has 0 fully saturated rings. The Bertz CT molecular complexity index is 554. The van der Waals surface area contributed by atoms with Crippen LogP contribution in [0, 0.1) is 0 Å². The highest BCUT2D eigenvalue weighted by Crippen LogP contribution is 2.33. The van der Waals surface area contributed by atoms with Crippen LogP contribution in [-0.4, -0.2) is 25.2 Å². The summed E-state index contributed by atoms with van der Waals surface area (Å²) in [6.45, 7) is 1.64. The van der Waals surface area contributed by atoms with E-state index in [2.05, 4.69) is 34.6 Å². The Kier molecular flexibility index (Phi) is 3.58. The number of nitrogens with one attached hydrogen (secondary N) is 1. The van der Waals surface area contributed by atoms with Gasteiger partial charge in [-0.25, -0.2) is 0 Å². The van der Waals surface area contributed by atoms with Gasteiger partial charge in [0, 0.05) is 24.5 Å². The van der Waals surface area contributed by atoms with Crippen LogP contribution in [0.5, 0.6) is 0 Å². The molecule has 0 saturated heterocycles. The zero-order valence-corrected chi connectivity index (χ0v) is 11.1. The number of likely N-dealkylation sites (N-methyl/N-ethyl adjacent to an activating group) is 1. The van der Waals surface area contributed by atoms with Gasteiger partial charge in [0.1, 0.15) is 0 Å². The standard InChI is InChI=1S/C16H18N2O/c1-17-11-16-15-6-2-5-13(14(15)7-9-19-16)12-4-3-8-18-10-12/h2-6,8,10,16-17H,7,9,11H2,1H3/t16-/m0/s1. The third-order valence-electron chi connectivity index (χ3n) is 3.59. The van der Waals surface area contributed by atoms with E-state index in [1.165, 1.54) is 22.3 Å². The summed E-state index contributed by atoms with van der Waals surface area (Å²) in [5.74, 6) is 0. The van der Waals surface area contributed by atoms with Crippen molar-refractivity contribution in [3.8, 4) is 11.1 Å². The second-order valence-corrected chi connectivity index (χ2v) is 4.78. The molecule has 19 heavy (non-hydrogen) atoms. The first-order chi connectivity index (χ1) is 9.40. The number of pyridine rings is 1. The number of ether oxygens (including phenoxy) is 1. The van der Waals surface area contributed by atoms with Crippen molar-refractivity contribution >= 4 is 0 Å². The van der Waals surface area contributed by atoms with Crippen molar-refractivity contribution in [1.82, 2.24) is 10.3 Å². The Balaban J connectivity index is 2.06. The van der Waals surface area contributed by atoms with Gasteiger partial charge in [0.15, 0.2) is 0 Å². The third-order valence-corrected chi connectivity index (χ3v) is 3.59. The minimum Gasteiger partial charge on any atom is -0.372 e. The van der Waals surface area contributed by atoms with Crippen LogP contribution in [0.2, 0.25) is 0 Å². The highest BCUT2D eigenvalue weighted by atomic mass is 16.5. The summed E-state index contributed by atoms with van der Waals surface area (Å²) in [7, 11) is 1.96. The molecule has 2 heterocycles. The van der Waals surface area contributed by atoms with Crippen LogP contribution >= 0.6 is 0 Å². The molecule has 98 valence electrons. The molecule has 1 aliphatic heterocycles. The van der Waals surface area contributed by atoms with E-state index in [1.54, 1.807) is 0 Å². The second-order valence-electron chi connectivity index (χ2n) is 4.78. The third kappa shape index (κ3) is 2.39. The number of fused-ring (bicyclic) bond motifs is 1. The molecule has 3 heteroatoms. The summed E-state index contributed by atoms with van der Waals surface area (Å²) in [5, 5.41) is 3.20. The molecule has 3 rings (SSSR count). The van der Waals surface area contributed by atoms with Crippen LogP contribution in [0.3, 0.4) is 0 Å². The van der Waals surface area contributed by atoms with Gasteiger partial charge in [0.05, 0.1) is 12.7 Å². The Morgan fingerprint density at radius 3 is 3.05 bits per heavy atom. The van der Waals surface area contributed by atoms with E-state index >= 15 is 0 Å². The lowest BCUT2D eigenvalue weighted by Crippen LogP contribution is -2.25. The first-order valence-corrected chi connectivity index (χ1v) is 6.68. The van der Waals surface area contributed by atoms with Crippen LogP contribution in [0.15, 0.2) is 42.7 Å². The number of benzene rings is 1. The molecule has 0 amide bonds. The lowest BCUT2D eigenvalue weighted by molar-refractivity contribution is 0.0440. The first-order valence-electron chi connectivity index (χ1n) is 6.68. The van der Waals surface area contributed by atoms with E-state index in [4.69, 9.17) is 4.74 Å². The van der Waals surface area contributed by atoms with Gasteiger partial charge < -0.3 is 10.1 Å². The first kappa shape index (κ1) is 12.3. The average molecular weight is 254 g/mol. The highest BCUT2D eigenvalue weighted by molar-refractivity contribution is 5.68. The smallest absolute Gasteiger partial charge is 0.0952 e. The van der Waals surface area contributed by atoms with Crippen molar-refractivity contribution in [2.75, 3.05) is 20.2 Å². The molecule has 0 saturated carbocycles. The van der Waals surface area contributed by atoms with Gasteiger partial charge in [0.25, 0.3) is 0 Å². The minimum absolute atomic E-state index is 0.158. The summed E-state index contributed by atoms with van der Waals surface area (Å²) in [4.78, 5) is 4.22. The van der Waals surface area contributed by atoms with Crippen molar-refractivity contribution in [2.45, 2.75) is 12.5 Å². The van der Waals surface area contributed by atoms with Crippen molar-refractivity contribution in [3.05, 3.63) is 53.9 Å². The largest absolute Gasteiger partial charge is 0.372 e. The lowest BCUT2D eigenvalue weighted by atomic mass is 9.90. The maximum atomic E-state index is 5.86. The predicted octanol–water partition coefficient (Wildman–Crippen LogP) is 2.58. The molecule has 0 radical (unpaired) electrons. The van der Waals surface area contributed by atoms with Gasteiger partial charge in [0.2, 0.25) is 0 Å². The zero-order valence-electron chi connectivity index (χ0n) is 11.1. The second kappa shape index (κ2) is 5.51. The number of nitrogens with zero attached hydrogens (tertiary/aromatic N) is 1. The Hall–Kier alpha value is -1.71. The van der Waals surface area contributed by atoms with Gasteiger partial charge >= 0.3 is 0 Å². The number of aromatic nitrogens is 1. The van der Waals surface area contributed by atoms with Gasteiger partial charge in [-0.05, 0) is 36.2 Å². The molecule has 1 aromatic carbocycles. The van der Waals surface area contributed by atoms with Crippen molar-refractivity contribution < 1.29 is 4.74 Å². The van der Waals surface area contributed by atoms with Gasteiger partial charge in [-0.15, -0.1) is 0 Å². The topological polar surface area (TPSA) is 34.1 Å². The fraction of sp³-hybridized carbons (Fsp3) is 0.312. The summed E-state index contributed by atoms with van der Waals surface area (Å²) in [5.41, 5.74) is 5.18. The maximum Gasteiger partial charge on any atom is 0.0952 e. The fourth-order valence-electron chi connectivity index (χ4n) is 2.73. The average Bonchev–Trinajstić information content (AvgIpc) is 2.48. The van der Waals surface area contributed by atoms with Gasteiger partial charge in [-0.2, -0.15) is 0 Å².